The molecule has 5 heteroatoms. The zero-order valence-electron chi connectivity index (χ0n) is 11.0. The van der Waals surface area contributed by atoms with Crippen molar-refractivity contribution in [3.05, 3.63) is 47.8 Å². The van der Waals surface area contributed by atoms with Gasteiger partial charge in [0.2, 0.25) is 0 Å². The van der Waals surface area contributed by atoms with Gasteiger partial charge < -0.3 is 9.47 Å². The van der Waals surface area contributed by atoms with Gasteiger partial charge in [0.15, 0.2) is 0 Å². The Hall–Kier alpha value is -2.30. The lowest BCUT2D eigenvalue weighted by molar-refractivity contribution is -0.145. The Morgan fingerprint density at radius 1 is 1.42 bits per heavy atom. The van der Waals surface area contributed by atoms with E-state index in [0.717, 1.165) is 16.9 Å². The number of aromatic nitrogens is 2. The van der Waals surface area contributed by atoms with Crippen molar-refractivity contribution in [3.63, 3.8) is 0 Å². The molecule has 1 heterocycles. The highest BCUT2D eigenvalue weighted by atomic mass is 16.5. The van der Waals surface area contributed by atoms with E-state index in [4.69, 9.17) is 9.47 Å². The normalized spacial score (nSPS) is 10.2. The third-order valence-electron chi connectivity index (χ3n) is 2.59. The molecule has 0 spiro atoms. The number of aryl methyl sites for hydroxylation is 1. The van der Waals surface area contributed by atoms with Gasteiger partial charge in [-0.2, -0.15) is 5.10 Å². The van der Waals surface area contributed by atoms with E-state index in [9.17, 15) is 4.79 Å². The zero-order chi connectivity index (χ0) is 13.7. The first-order valence-electron chi connectivity index (χ1n) is 5.95. The zero-order valence-corrected chi connectivity index (χ0v) is 11.0. The van der Waals surface area contributed by atoms with Gasteiger partial charge in [-0.1, -0.05) is 12.1 Å². The summed E-state index contributed by atoms with van der Waals surface area (Å²) in [6, 6.07) is 7.43. The molecule has 19 heavy (non-hydrogen) atoms. The van der Waals surface area contributed by atoms with Crippen molar-refractivity contribution in [3.8, 4) is 5.75 Å². The Morgan fingerprint density at radius 3 is 2.95 bits per heavy atom. The van der Waals surface area contributed by atoms with Crippen molar-refractivity contribution >= 4 is 5.97 Å². The molecule has 0 aliphatic carbocycles. The minimum Gasteiger partial charge on any atom is -0.497 e. The van der Waals surface area contributed by atoms with Crippen molar-refractivity contribution in [2.24, 2.45) is 0 Å². The fraction of sp³-hybridized carbons (Fsp3) is 0.286. The van der Waals surface area contributed by atoms with E-state index >= 15 is 0 Å². The summed E-state index contributed by atoms with van der Waals surface area (Å²) in [6.07, 6.45) is 3.50. The topological polar surface area (TPSA) is 53.4 Å². The van der Waals surface area contributed by atoms with Gasteiger partial charge in [0.25, 0.3) is 0 Å². The van der Waals surface area contributed by atoms with Crippen LogP contribution in [0.25, 0.3) is 0 Å². The van der Waals surface area contributed by atoms with Gasteiger partial charge in [0, 0.05) is 6.20 Å². The number of ether oxygens (including phenoxy) is 2. The number of methoxy groups -OCH3 is 1. The number of carbonyl (C=O) groups is 1. The van der Waals surface area contributed by atoms with E-state index in [1.807, 2.05) is 31.2 Å². The molecule has 0 fully saturated rings. The molecule has 2 rings (SSSR count). The third-order valence-corrected chi connectivity index (χ3v) is 2.59. The first-order chi connectivity index (χ1) is 9.17. The fourth-order valence-electron chi connectivity index (χ4n) is 1.66. The molecule has 0 aliphatic rings. The molecule has 100 valence electrons. The van der Waals surface area contributed by atoms with Crippen LogP contribution in [0.4, 0.5) is 0 Å². The molecule has 5 nitrogen and oxygen atoms in total. The number of rotatable bonds is 5. The molecular formula is C14H16N2O3. The number of esters is 1. The predicted molar refractivity (Wildman–Crippen MR) is 69.8 cm³/mol. The van der Waals surface area contributed by atoms with Crippen LogP contribution in [0, 0.1) is 6.92 Å². The maximum Gasteiger partial charge on any atom is 0.328 e. The molecule has 0 N–H and O–H groups in total. The highest BCUT2D eigenvalue weighted by Gasteiger charge is 2.06. The molecular weight excluding hydrogens is 244 g/mol. The van der Waals surface area contributed by atoms with Crippen molar-refractivity contribution in [1.82, 2.24) is 9.78 Å². The van der Waals surface area contributed by atoms with Crippen LogP contribution >= 0.6 is 0 Å². The number of hydrogen-bond donors (Lipinski definition) is 0. The number of benzene rings is 1. The molecule has 0 saturated carbocycles. The monoisotopic (exact) mass is 260 g/mol. The number of hydrogen-bond acceptors (Lipinski definition) is 4. The van der Waals surface area contributed by atoms with Crippen molar-refractivity contribution < 1.29 is 14.3 Å². The number of nitrogens with zero attached hydrogens (tertiary/aromatic N) is 2. The molecule has 0 saturated heterocycles. The molecule has 1 aromatic heterocycles. The highest BCUT2D eigenvalue weighted by Crippen LogP contribution is 2.13. The molecule has 0 unspecified atom stereocenters. The van der Waals surface area contributed by atoms with Crippen LogP contribution in [-0.4, -0.2) is 22.9 Å². The second-order valence-electron chi connectivity index (χ2n) is 4.23. The summed E-state index contributed by atoms with van der Waals surface area (Å²) in [5.41, 5.74) is 1.91. The molecule has 2 aromatic rings. The Labute approximate surface area is 111 Å². The van der Waals surface area contributed by atoms with Gasteiger partial charge in [0.1, 0.15) is 18.9 Å². The summed E-state index contributed by atoms with van der Waals surface area (Å²) in [7, 11) is 1.60. The molecule has 0 bridgehead atoms. The minimum absolute atomic E-state index is 0.123. The highest BCUT2D eigenvalue weighted by molar-refractivity contribution is 5.69. The van der Waals surface area contributed by atoms with Crippen LogP contribution in [-0.2, 0) is 22.7 Å². The van der Waals surface area contributed by atoms with Gasteiger partial charge in [0.05, 0.1) is 13.3 Å². The predicted octanol–water partition coefficient (Wildman–Crippen LogP) is 1.94. The van der Waals surface area contributed by atoms with Crippen LogP contribution in [0.15, 0.2) is 36.7 Å². The Kier molecular flexibility index (Phi) is 4.18. The van der Waals surface area contributed by atoms with Crippen molar-refractivity contribution in [2.75, 3.05) is 7.11 Å². The smallest absolute Gasteiger partial charge is 0.328 e. The van der Waals surface area contributed by atoms with Gasteiger partial charge in [-0.05, 0) is 30.2 Å². The quantitative estimate of drug-likeness (QED) is 0.771. The lowest BCUT2D eigenvalue weighted by Crippen LogP contribution is -2.13. The van der Waals surface area contributed by atoms with E-state index in [-0.39, 0.29) is 19.1 Å². The Morgan fingerprint density at radius 2 is 2.26 bits per heavy atom. The molecule has 0 aliphatic heterocycles. The lowest BCUT2D eigenvalue weighted by atomic mass is 10.2. The summed E-state index contributed by atoms with van der Waals surface area (Å²) in [5, 5.41) is 4.03. The maximum atomic E-state index is 11.6. The summed E-state index contributed by atoms with van der Waals surface area (Å²) < 4.78 is 11.8. The van der Waals surface area contributed by atoms with E-state index in [2.05, 4.69) is 5.10 Å². The summed E-state index contributed by atoms with van der Waals surface area (Å²) in [4.78, 5) is 11.6. The second kappa shape index (κ2) is 6.04. The average Bonchev–Trinajstić information content (AvgIpc) is 2.82. The van der Waals surface area contributed by atoms with Crippen molar-refractivity contribution in [2.45, 2.75) is 20.1 Å². The fourth-order valence-corrected chi connectivity index (χ4v) is 1.66. The maximum absolute atomic E-state index is 11.6. The first kappa shape index (κ1) is 13.1. The van der Waals surface area contributed by atoms with Gasteiger partial charge in [-0.15, -0.1) is 0 Å². The van der Waals surface area contributed by atoms with E-state index in [1.54, 1.807) is 24.2 Å². The van der Waals surface area contributed by atoms with Crippen LogP contribution in [0.2, 0.25) is 0 Å². The molecule has 1 aromatic carbocycles. The van der Waals surface area contributed by atoms with E-state index in [0.29, 0.717) is 0 Å². The van der Waals surface area contributed by atoms with E-state index in [1.165, 1.54) is 0 Å². The largest absolute Gasteiger partial charge is 0.497 e. The van der Waals surface area contributed by atoms with Crippen molar-refractivity contribution in [1.29, 1.82) is 0 Å². The summed E-state index contributed by atoms with van der Waals surface area (Å²) >= 11 is 0. The van der Waals surface area contributed by atoms with Crippen LogP contribution in [0.5, 0.6) is 5.75 Å². The van der Waals surface area contributed by atoms with Crippen LogP contribution < -0.4 is 4.74 Å². The van der Waals surface area contributed by atoms with Gasteiger partial charge in [-0.3, -0.25) is 9.48 Å². The van der Waals surface area contributed by atoms with Crippen LogP contribution in [0.3, 0.4) is 0 Å². The van der Waals surface area contributed by atoms with E-state index < -0.39 is 0 Å². The Bertz CT molecular complexity index is 563. The molecule has 0 amide bonds. The average molecular weight is 260 g/mol. The standard InChI is InChI=1S/C14H16N2O3/c1-11-7-15-16(8-11)9-14(17)19-10-12-4-3-5-13(6-12)18-2/h3-8H,9-10H2,1-2H3. The first-order valence-corrected chi connectivity index (χ1v) is 5.95. The SMILES string of the molecule is COc1cccc(COC(=O)Cn2cc(C)cn2)c1. The third kappa shape index (κ3) is 3.84. The molecule has 0 radical (unpaired) electrons. The van der Waals surface area contributed by atoms with Gasteiger partial charge in [-0.25, -0.2) is 0 Å². The van der Waals surface area contributed by atoms with Crippen LogP contribution in [0.1, 0.15) is 11.1 Å². The second-order valence-corrected chi connectivity index (χ2v) is 4.23. The number of carbonyl (C=O) groups excluding carboxylic acids is 1. The van der Waals surface area contributed by atoms with Gasteiger partial charge >= 0.3 is 5.97 Å². The molecule has 0 atom stereocenters. The minimum atomic E-state index is -0.314. The summed E-state index contributed by atoms with van der Waals surface area (Å²) in [6.45, 7) is 2.28. The Balaban J connectivity index is 1.86. The summed E-state index contributed by atoms with van der Waals surface area (Å²) in [5.74, 6) is 0.433. The lowest BCUT2D eigenvalue weighted by Gasteiger charge is -2.06.